The van der Waals surface area contributed by atoms with Crippen molar-refractivity contribution in [2.45, 2.75) is 25.8 Å². The van der Waals surface area contributed by atoms with Gasteiger partial charge in [-0.15, -0.1) is 12.4 Å². The molecule has 1 fully saturated rings. The standard InChI is InChI=1S/C14H23N5O2.ClH/c1-3-4-11(15)13(20)18-7-9-19(10-8-18)14-16-6-5-12(17-14)21-2;/h5-6,11H,3-4,7-10,15H2,1-2H3;1H. The molecule has 8 heteroatoms. The van der Waals surface area contributed by atoms with Crippen molar-refractivity contribution in [3.8, 4) is 5.88 Å². The lowest BCUT2D eigenvalue weighted by Gasteiger charge is -2.35. The normalized spacial score (nSPS) is 16.0. The van der Waals surface area contributed by atoms with Crippen LogP contribution in [0.4, 0.5) is 5.95 Å². The van der Waals surface area contributed by atoms with Gasteiger partial charge in [-0.05, 0) is 6.42 Å². The van der Waals surface area contributed by atoms with Crippen LogP contribution in [-0.2, 0) is 4.79 Å². The molecule has 2 N–H and O–H groups in total. The van der Waals surface area contributed by atoms with Gasteiger partial charge in [-0.25, -0.2) is 4.98 Å². The lowest BCUT2D eigenvalue weighted by molar-refractivity contribution is -0.133. The van der Waals surface area contributed by atoms with E-state index in [0.717, 1.165) is 12.8 Å². The summed E-state index contributed by atoms with van der Waals surface area (Å²) in [6, 6.07) is 1.34. The first-order valence-corrected chi connectivity index (χ1v) is 7.32. The molecule has 1 aromatic rings. The molecule has 0 aromatic carbocycles. The number of nitrogens with zero attached hydrogens (tertiary/aromatic N) is 4. The maximum atomic E-state index is 12.2. The minimum absolute atomic E-state index is 0. The first-order chi connectivity index (χ1) is 10.2. The van der Waals surface area contributed by atoms with Crippen LogP contribution in [0.1, 0.15) is 19.8 Å². The molecule has 7 nitrogen and oxygen atoms in total. The molecule has 1 unspecified atom stereocenters. The predicted octanol–water partition coefficient (Wildman–Crippen LogP) is 0.683. The van der Waals surface area contributed by atoms with Gasteiger partial charge in [0.25, 0.3) is 0 Å². The highest BCUT2D eigenvalue weighted by Gasteiger charge is 2.25. The topological polar surface area (TPSA) is 84.6 Å². The molecule has 0 radical (unpaired) electrons. The summed E-state index contributed by atoms with van der Waals surface area (Å²) in [6.07, 6.45) is 3.33. The fourth-order valence-corrected chi connectivity index (χ4v) is 2.39. The van der Waals surface area contributed by atoms with Gasteiger partial charge in [-0.2, -0.15) is 4.98 Å². The van der Waals surface area contributed by atoms with E-state index in [-0.39, 0.29) is 24.4 Å². The van der Waals surface area contributed by atoms with Crippen molar-refractivity contribution in [3.63, 3.8) is 0 Å². The fourth-order valence-electron chi connectivity index (χ4n) is 2.39. The molecule has 1 aliphatic heterocycles. The molecule has 1 aliphatic rings. The molecule has 124 valence electrons. The first-order valence-electron chi connectivity index (χ1n) is 7.32. The summed E-state index contributed by atoms with van der Waals surface area (Å²) >= 11 is 0. The quantitative estimate of drug-likeness (QED) is 0.855. The third-order valence-electron chi connectivity index (χ3n) is 3.62. The highest BCUT2D eigenvalue weighted by atomic mass is 35.5. The molecular formula is C14H24ClN5O2. The number of piperazine rings is 1. The Morgan fingerprint density at radius 3 is 2.68 bits per heavy atom. The summed E-state index contributed by atoms with van der Waals surface area (Å²) in [6.45, 7) is 4.74. The molecular weight excluding hydrogens is 306 g/mol. The molecule has 2 rings (SSSR count). The number of aromatic nitrogens is 2. The zero-order chi connectivity index (χ0) is 15.2. The average molecular weight is 330 g/mol. The monoisotopic (exact) mass is 329 g/mol. The third kappa shape index (κ3) is 4.45. The van der Waals surface area contributed by atoms with E-state index in [1.807, 2.05) is 11.8 Å². The summed E-state index contributed by atoms with van der Waals surface area (Å²) in [5.41, 5.74) is 5.90. The van der Waals surface area contributed by atoms with Gasteiger partial charge in [0.1, 0.15) is 0 Å². The van der Waals surface area contributed by atoms with Gasteiger partial charge >= 0.3 is 0 Å². The second kappa shape index (κ2) is 8.75. The van der Waals surface area contributed by atoms with Crippen LogP contribution in [0, 0.1) is 0 Å². The van der Waals surface area contributed by atoms with Crippen LogP contribution in [0.2, 0.25) is 0 Å². The van der Waals surface area contributed by atoms with Gasteiger partial charge in [0, 0.05) is 38.4 Å². The number of halogens is 1. The minimum atomic E-state index is -0.380. The summed E-state index contributed by atoms with van der Waals surface area (Å²) in [5.74, 6) is 1.23. The van der Waals surface area contributed by atoms with Crippen molar-refractivity contribution in [2.75, 3.05) is 38.2 Å². The number of carbonyl (C=O) groups excluding carboxylic acids is 1. The van der Waals surface area contributed by atoms with Crippen LogP contribution >= 0.6 is 12.4 Å². The molecule has 0 bridgehead atoms. The largest absolute Gasteiger partial charge is 0.481 e. The second-order valence-corrected chi connectivity index (χ2v) is 5.11. The average Bonchev–Trinajstić information content (AvgIpc) is 2.54. The number of carbonyl (C=O) groups is 1. The number of hydrogen-bond acceptors (Lipinski definition) is 6. The van der Waals surface area contributed by atoms with E-state index in [0.29, 0.717) is 38.0 Å². The number of rotatable bonds is 5. The highest BCUT2D eigenvalue weighted by molar-refractivity contribution is 5.85. The maximum Gasteiger partial charge on any atom is 0.239 e. The number of methoxy groups -OCH3 is 1. The summed E-state index contributed by atoms with van der Waals surface area (Å²) in [7, 11) is 1.58. The summed E-state index contributed by atoms with van der Waals surface area (Å²) < 4.78 is 5.10. The zero-order valence-corrected chi connectivity index (χ0v) is 13.9. The van der Waals surface area contributed by atoms with Gasteiger partial charge in [0.05, 0.1) is 13.2 Å². The Balaban J connectivity index is 0.00000242. The van der Waals surface area contributed by atoms with Gasteiger partial charge in [0.15, 0.2) is 0 Å². The highest BCUT2D eigenvalue weighted by Crippen LogP contribution is 2.15. The summed E-state index contributed by atoms with van der Waals surface area (Å²) in [4.78, 5) is 24.6. The van der Waals surface area contributed by atoms with E-state index in [1.165, 1.54) is 0 Å². The predicted molar refractivity (Wildman–Crippen MR) is 87.5 cm³/mol. The Hall–Kier alpha value is -1.60. The Kier molecular flexibility index (Phi) is 7.34. The van der Waals surface area contributed by atoms with Crippen LogP contribution in [0.15, 0.2) is 12.3 Å². The maximum absolute atomic E-state index is 12.2. The Morgan fingerprint density at radius 2 is 2.09 bits per heavy atom. The van der Waals surface area contributed by atoms with Crippen LogP contribution in [0.25, 0.3) is 0 Å². The molecule has 1 aromatic heterocycles. The van der Waals surface area contributed by atoms with Crippen LogP contribution in [0.5, 0.6) is 5.88 Å². The van der Waals surface area contributed by atoms with Gasteiger partial charge in [-0.3, -0.25) is 4.79 Å². The van der Waals surface area contributed by atoms with E-state index < -0.39 is 0 Å². The van der Waals surface area contributed by atoms with E-state index >= 15 is 0 Å². The van der Waals surface area contributed by atoms with Crippen molar-refractivity contribution >= 4 is 24.3 Å². The SMILES string of the molecule is CCCC(N)C(=O)N1CCN(c2nccc(OC)n2)CC1.Cl. The lowest BCUT2D eigenvalue weighted by Crippen LogP contribution is -2.53. The number of ether oxygens (including phenoxy) is 1. The molecule has 22 heavy (non-hydrogen) atoms. The molecule has 0 saturated carbocycles. The van der Waals surface area contributed by atoms with Crippen LogP contribution < -0.4 is 15.4 Å². The molecule has 0 aliphatic carbocycles. The smallest absolute Gasteiger partial charge is 0.239 e. The lowest BCUT2D eigenvalue weighted by atomic mass is 10.1. The van der Waals surface area contributed by atoms with Gasteiger partial charge in [-0.1, -0.05) is 13.3 Å². The third-order valence-corrected chi connectivity index (χ3v) is 3.62. The van der Waals surface area contributed by atoms with Crippen molar-refractivity contribution in [2.24, 2.45) is 5.73 Å². The Bertz CT molecular complexity index is 480. The van der Waals surface area contributed by atoms with E-state index in [4.69, 9.17) is 10.5 Å². The van der Waals surface area contributed by atoms with Crippen molar-refractivity contribution < 1.29 is 9.53 Å². The number of hydrogen-bond donors (Lipinski definition) is 1. The van der Waals surface area contributed by atoms with Crippen molar-refractivity contribution in [1.82, 2.24) is 14.9 Å². The molecule has 1 amide bonds. The molecule has 1 saturated heterocycles. The Labute approximate surface area is 137 Å². The number of nitrogens with two attached hydrogens (primary N) is 1. The van der Waals surface area contributed by atoms with E-state index in [2.05, 4.69) is 14.9 Å². The van der Waals surface area contributed by atoms with Crippen molar-refractivity contribution in [3.05, 3.63) is 12.3 Å². The molecule has 2 heterocycles. The molecule has 0 spiro atoms. The van der Waals surface area contributed by atoms with Crippen LogP contribution in [-0.4, -0.2) is 60.1 Å². The second-order valence-electron chi connectivity index (χ2n) is 5.11. The summed E-state index contributed by atoms with van der Waals surface area (Å²) in [5, 5.41) is 0. The van der Waals surface area contributed by atoms with Crippen LogP contribution in [0.3, 0.4) is 0 Å². The van der Waals surface area contributed by atoms with E-state index in [1.54, 1.807) is 19.4 Å². The Morgan fingerprint density at radius 1 is 1.41 bits per heavy atom. The van der Waals surface area contributed by atoms with Crippen molar-refractivity contribution in [1.29, 1.82) is 0 Å². The fraction of sp³-hybridized carbons (Fsp3) is 0.643. The number of amides is 1. The number of anilines is 1. The molecule has 1 atom stereocenters. The van der Waals surface area contributed by atoms with E-state index in [9.17, 15) is 4.79 Å². The first kappa shape index (κ1) is 18.4. The zero-order valence-electron chi connectivity index (χ0n) is 13.1. The van der Waals surface area contributed by atoms with Gasteiger partial charge in [0.2, 0.25) is 17.7 Å². The minimum Gasteiger partial charge on any atom is -0.481 e. The van der Waals surface area contributed by atoms with Gasteiger partial charge < -0.3 is 20.3 Å².